The van der Waals surface area contributed by atoms with Gasteiger partial charge in [-0.2, -0.15) is 0 Å². The molecule has 0 amide bonds. The highest BCUT2D eigenvalue weighted by Crippen LogP contribution is 2.32. The maximum atomic E-state index is 13.8. The first-order valence-corrected chi connectivity index (χ1v) is 12.1. The SMILES string of the molecule is CC(C)c1nc(CN2CCOC3(CCN(Cc4ccc(F)c(CC=O)c4)CC3)C2)cs1. The second-order valence-corrected chi connectivity index (χ2v) is 10.0. The van der Waals surface area contributed by atoms with E-state index >= 15 is 0 Å². The molecule has 2 aromatic rings. The van der Waals surface area contributed by atoms with Gasteiger partial charge in [0.1, 0.15) is 12.1 Å². The fourth-order valence-electron chi connectivity index (χ4n) is 4.60. The summed E-state index contributed by atoms with van der Waals surface area (Å²) < 4.78 is 20.1. The second-order valence-electron chi connectivity index (χ2n) is 9.15. The fourth-order valence-corrected chi connectivity index (χ4v) is 5.43. The average molecular weight is 446 g/mol. The predicted molar refractivity (Wildman–Crippen MR) is 121 cm³/mol. The third kappa shape index (κ3) is 5.58. The Balaban J connectivity index is 1.31. The van der Waals surface area contributed by atoms with Crippen LogP contribution in [0.1, 0.15) is 54.4 Å². The standard InChI is InChI=1S/C24H32FN3O2S/c1-18(2)23-26-21(16-31-23)15-28-10-12-30-24(17-28)6-8-27(9-7-24)14-19-3-4-22(25)20(13-19)5-11-29/h3-4,11,13,16,18H,5-10,12,14-15,17H2,1-2H3. The highest BCUT2D eigenvalue weighted by molar-refractivity contribution is 7.09. The van der Waals surface area contributed by atoms with Crippen molar-refractivity contribution >= 4 is 17.6 Å². The lowest BCUT2D eigenvalue weighted by Gasteiger charge is -2.47. The van der Waals surface area contributed by atoms with Crippen LogP contribution in [0.3, 0.4) is 0 Å². The minimum absolute atomic E-state index is 0.0723. The van der Waals surface area contributed by atoms with Gasteiger partial charge in [-0.3, -0.25) is 9.80 Å². The number of thiazole rings is 1. The Labute approximate surface area is 188 Å². The number of morpholine rings is 1. The van der Waals surface area contributed by atoms with Crippen molar-refractivity contribution in [3.05, 3.63) is 51.2 Å². The van der Waals surface area contributed by atoms with E-state index in [1.807, 2.05) is 12.1 Å². The summed E-state index contributed by atoms with van der Waals surface area (Å²) in [6.07, 6.45) is 2.89. The predicted octanol–water partition coefficient (Wildman–Crippen LogP) is 4.01. The summed E-state index contributed by atoms with van der Waals surface area (Å²) in [4.78, 5) is 20.5. The summed E-state index contributed by atoms with van der Waals surface area (Å²) in [5.74, 6) is 0.180. The summed E-state index contributed by atoms with van der Waals surface area (Å²) in [6, 6.07) is 5.13. The van der Waals surface area contributed by atoms with Gasteiger partial charge in [0, 0.05) is 57.0 Å². The normalized spacial score (nSPS) is 19.9. The number of aldehydes is 1. The molecule has 2 fully saturated rings. The number of rotatable bonds is 7. The number of halogens is 1. The molecule has 7 heteroatoms. The number of likely N-dealkylation sites (tertiary alicyclic amines) is 1. The van der Waals surface area contributed by atoms with Gasteiger partial charge in [0.05, 0.1) is 22.9 Å². The van der Waals surface area contributed by atoms with E-state index in [2.05, 4.69) is 29.0 Å². The molecule has 0 atom stereocenters. The van der Waals surface area contributed by atoms with Gasteiger partial charge in [0.15, 0.2) is 0 Å². The summed E-state index contributed by atoms with van der Waals surface area (Å²) in [5, 5.41) is 3.41. The van der Waals surface area contributed by atoms with E-state index in [1.54, 1.807) is 11.3 Å². The van der Waals surface area contributed by atoms with E-state index in [9.17, 15) is 9.18 Å². The Hall–Kier alpha value is -1.67. The van der Waals surface area contributed by atoms with Crippen LogP contribution in [0.4, 0.5) is 4.39 Å². The Kier molecular flexibility index (Phi) is 7.16. The van der Waals surface area contributed by atoms with Crippen LogP contribution in [-0.4, -0.2) is 59.5 Å². The highest BCUT2D eigenvalue weighted by atomic mass is 32.1. The first-order valence-electron chi connectivity index (χ1n) is 11.2. The van der Waals surface area contributed by atoms with E-state index in [4.69, 9.17) is 9.72 Å². The van der Waals surface area contributed by atoms with Crippen molar-refractivity contribution < 1.29 is 13.9 Å². The van der Waals surface area contributed by atoms with Crippen LogP contribution in [0, 0.1) is 5.82 Å². The Morgan fingerprint density at radius 2 is 2.03 bits per heavy atom. The van der Waals surface area contributed by atoms with Crippen molar-refractivity contribution in [3.8, 4) is 0 Å². The number of nitrogens with zero attached hydrogens (tertiary/aromatic N) is 3. The number of benzene rings is 1. The zero-order valence-corrected chi connectivity index (χ0v) is 19.3. The molecule has 0 radical (unpaired) electrons. The van der Waals surface area contributed by atoms with Gasteiger partial charge in [0.2, 0.25) is 0 Å². The quantitative estimate of drug-likeness (QED) is 0.603. The molecule has 31 heavy (non-hydrogen) atoms. The molecule has 168 valence electrons. The van der Waals surface area contributed by atoms with E-state index in [0.29, 0.717) is 11.5 Å². The molecule has 2 saturated heterocycles. The number of carbonyl (C=O) groups excluding carboxylic acids is 1. The van der Waals surface area contributed by atoms with Crippen LogP contribution in [0.25, 0.3) is 0 Å². The number of aromatic nitrogens is 1. The zero-order chi connectivity index (χ0) is 21.8. The number of piperidine rings is 1. The van der Waals surface area contributed by atoms with Gasteiger partial charge in [-0.25, -0.2) is 9.37 Å². The van der Waals surface area contributed by atoms with E-state index in [0.717, 1.165) is 70.6 Å². The molecule has 0 unspecified atom stereocenters. The van der Waals surface area contributed by atoms with Crippen molar-refractivity contribution in [3.63, 3.8) is 0 Å². The van der Waals surface area contributed by atoms with Gasteiger partial charge in [-0.1, -0.05) is 26.0 Å². The van der Waals surface area contributed by atoms with Crippen LogP contribution < -0.4 is 0 Å². The molecule has 0 N–H and O–H groups in total. The molecule has 2 aliphatic rings. The van der Waals surface area contributed by atoms with Crippen molar-refractivity contribution in [1.29, 1.82) is 0 Å². The zero-order valence-electron chi connectivity index (χ0n) is 18.5. The molecule has 4 rings (SSSR count). The lowest BCUT2D eigenvalue weighted by molar-refractivity contribution is -0.138. The molecule has 0 saturated carbocycles. The molecule has 0 aliphatic carbocycles. The molecule has 1 aromatic heterocycles. The lowest BCUT2D eigenvalue weighted by Crippen LogP contribution is -2.56. The minimum atomic E-state index is -0.301. The summed E-state index contributed by atoms with van der Waals surface area (Å²) >= 11 is 1.76. The third-order valence-electron chi connectivity index (χ3n) is 6.36. The average Bonchev–Trinajstić information content (AvgIpc) is 3.22. The van der Waals surface area contributed by atoms with Gasteiger partial charge in [-0.15, -0.1) is 11.3 Å². The summed E-state index contributed by atoms with van der Waals surface area (Å²) in [5.41, 5.74) is 2.64. The Bertz CT molecular complexity index is 893. The fraction of sp³-hybridized carbons (Fsp3) is 0.583. The Morgan fingerprint density at radius 1 is 1.23 bits per heavy atom. The number of carbonyl (C=O) groups is 1. The highest BCUT2D eigenvalue weighted by Gasteiger charge is 2.39. The largest absolute Gasteiger partial charge is 0.372 e. The number of hydrogen-bond donors (Lipinski definition) is 0. The summed E-state index contributed by atoms with van der Waals surface area (Å²) in [7, 11) is 0. The number of ether oxygens (including phenoxy) is 1. The first kappa shape index (κ1) is 22.5. The van der Waals surface area contributed by atoms with Crippen molar-refractivity contribution in [1.82, 2.24) is 14.8 Å². The maximum absolute atomic E-state index is 13.8. The van der Waals surface area contributed by atoms with Crippen LogP contribution in [0.2, 0.25) is 0 Å². The monoisotopic (exact) mass is 445 g/mol. The molecule has 1 spiro atoms. The molecular formula is C24H32FN3O2S. The topological polar surface area (TPSA) is 45.7 Å². The Morgan fingerprint density at radius 3 is 2.74 bits per heavy atom. The van der Waals surface area contributed by atoms with Crippen molar-refractivity contribution in [2.45, 2.75) is 57.7 Å². The second kappa shape index (κ2) is 9.86. The number of hydrogen-bond acceptors (Lipinski definition) is 6. The van der Waals surface area contributed by atoms with E-state index in [1.165, 1.54) is 16.8 Å². The molecule has 2 aliphatic heterocycles. The smallest absolute Gasteiger partial charge is 0.126 e. The third-order valence-corrected chi connectivity index (χ3v) is 7.56. The van der Waals surface area contributed by atoms with Crippen LogP contribution in [0.5, 0.6) is 0 Å². The molecule has 3 heterocycles. The van der Waals surface area contributed by atoms with Crippen LogP contribution in [-0.2, 0) is 29.0 Å². The van der Waals surface area contributed by atoms with Crippen LogP contribution in [0.15, 0.2) is 23.6 Å². The van der Waals surface area contributed by atoms with E-state index < -0.39 is 0 Å². The molecule has 0 bridgehead atoms. The van der Waals surface area contributed by atoms with E-state index in [-0.39, 0.29) is 17.8 Å². The maximum Gasteiger partial charge on any atom is 0.126 e. The minimum Gasteiger partial charge on any atom is -0.372 e. The molecule has 1 aromatic carbocycles. The van der Waals surface area contributed by atoms with Gasteiger partial charge in [0.25, 0.3) is 0 Å². The summed E-state index contributed by atoms with van der Waals surface area (Å²) in [6.45, 7) is 10.7. The van der Waals surface area contributed by atoms with Gasteiger partial charge in [-0.05, 0) is 30.0 Å². The first-order chi connectivity index (χ1) is 15.0. The molecule has 5 nitrogen and oxygen atoms in total. The van der Waals surface area contributed by atoms with Gasteiger partial charge < -0.3 is 9.53 Å². The van der Waals surface area contributed by atoms with Crippen molar-refractivity contribution in [2.24, 2.45) is 0 Å². The van der Waals surface area contributed by atoms with Gasteiger partial charge >= 0.3 is 0 Å². The molecular weight excluding hydrogens is 413 g/mol. The lowest BCUT2D eigenvalue weighted by atomic mass is 9.89. The van der Waals surface area contributed by atoms with Crippen LogP contribution >= 0.6 is 11.3 Å². The van der Waals surface area contributed by atoms with Crippen molar-refractivity contribution in [2.75, 3.05) is 32.8 Å².